The summed E-state index contributed by atoms with van der Waals surface area (Å²) in [6.45, 7) is 0.659. The fraction of sp³-hybridized carbons (Fsp3) is 0.316. The van der Waals surface area contributed by atoms with Gasteiger partial charge in [0.25, 0.3) is 0 Å². The SMILES string of the molecule is COCCOc1ccc(NC(=O)C2CC2c2cccc(Br)c2)cc1F. The number of carbonyl (C=O) groups is 1. The van der Waals surface area contributed by atoms with Crippen molar-refractivity contribution >= 4 is 27.5 Å². The van der Waals surface area contributed by atoms with Crippen molar-refractivity contribution in [3.63, 3.8) is 0 Å². The van der Waals surface area contributed by atoms with Crippen molar-refractivity contribution in [3.05, 3.63) is 58.3 Å². The van der Waals surface area contributed by atoms with Crippen molar-refractivity contribution in [2.45, 2.75) is 12.3 Å². The molecule has 1 aliphatic rings. The Morgan fingerprint density at radius 2 is 2.12 bits per heavy atom. The van der Waals surface area contributed by atoms with Crippen LogP contribution in [0.25, 0.3) is 0 Å². The number of nitrogens with one attached hydrogen (secondary N) is 1. The first kappa shape index (κ1) is 17.9. The summed E-state index contributed by atoms with van der Waals surface area (Å²) in [6.07, 6.45) is 0.809. The lowest BCUT2D eigenvalue weighted by atomic mass is 10.1. The number of hydrogen-bond acceptors (Lipinski definition) is 3. The van der Waals surface area contributed by atoms with Gasteiger partial charge >= 0.3 is 0 Å². The Hall–Kier alpha value is -1.92. The molecule has 2 aromatic carbocycles. The van der Waals surface area contributed by atoms with Gasteiger partial charge in [0.1, 0.15) is 6.61 Å². The van der Waals surface area contributed by atoms with Crippen LogP contribution >= 0.6 is 15.9 Å². The Morgan fingerprint density at radius 3 is 2.84 bits per heavy atom. The van der Waals surface area contributed by atoms with Crippen molar-refractivity contribution in [1.29, 1.82) is 0 Å². The van der Waals surface area contributed by atoms with Gasteiger partial charge in [-0.25, -0.2) is 4.39 Å². The first-order valence-electron chi connectivity index (χ1n) is 8.06. The molecule has 0 spiro atoms. The van der Waals surface area contributed by atoms with Gasteiger partial charge in [-0.3, -0.25) is 4.79 Å². The molecule has 25 heavy (non-hydrogen) atoms. The van der Waals surface area contributed by atoms with Crippen LogP contribution in [0.2, 0.25) is 0 Å². The van der Waals surface area contributed by atoms with Crippen LogP contribution in [0.15, 0.2) is 46.9 Å². The minimum absolute atomic E-state index is 0.0741. The molecule has 1 amide bonds. The summed E-state index contributed by atoms with van der Waals surface area (Å²) < 4.78 is 25.1. The van der Waals surface area contributed by atoms with Gasteiger partial charge in [0, 0.05) is 29.3 Å². The van der Waals surface area contributed by atoms with Crippen LogP contribution in [-0.2, 0) is 9.53 Å². The van der Waals surface area contributed by atoms with E-state index in [2.05, 4.69) is 21.2 Å². The average Bonchev–Trinajstić information content (AvgIpc) is 3.38. The Bertz CT molecular complexity index is 768. The molecule has 1 fully saturated rings. The molecule has 0 saturated heterocycles. The van der Waals surface area contributed by atoms with Crippen molar-refractivity contribution in [1.82, 2.24) is 0 Å². The van der Waals surface area contributed by atoms with E-state index < -0.39 is 5.82 Å². The fourth-order valence-corrected chi connectivity index (χ4v) is 3.17. The highest BCUT2D eigenvalue weighted by Gasteiger charge is 2.44. The second-order valence-electron chi connectivity index (χ2n) is 5.98. The number of carbonyl (C=O) groups excluding carboxylic acids is 1. The molecule has 0 bridgehead atoms. The van der Waals surface area contributed by atoms with E-state index in [-0.39, 0.29) is 30.1 Å². The predicted octanol–water partition coefficient (Wildman–Crippen LogP) is 4.36. The maximum absolute atomic E-state index is 14.0. The van der Waals surface area contributed by atoms with E-state index in [0.717, 1.165) is 16.5 Å². The second-order valence-corrected chi connectivity index (χ2v) is 6.90. The van der Waals surface area contributed by atoms with Gasteiger partial charge < -0.3 is 14.8 Å². The highest BCUT2D eigenvalue weighted by Crippen LogP contribution is 2.48. The molecule has 1 N–H and O–H groups in total. The molecular formula is C19H19BrFNO3. The van der Waals surface area contributed by atoms with Crippen LogP contribution in [0.4, 0.5) is 10.1 Å². The topological polar surface area (TPSA) is 47.6 Å². The number of amides is 1. The monoisotopic (exact) mass is 407 g/mol. The number of halogens is 2. The van der Waals surface area contributed by atoms with E-state index in [1.807, 2.05) is 24.3 Å². The highest BCUT2D eigenvalue weighted by atomic mass is 79.9. The summed E-state index contributed by atoms with van der Waals surface area (Å²) >= 11 is 3.44. The van der Waals surface area contributed by atoms with Crippen molar-refractivity contribution in [2.24, 2.45) is 5.92 Å². The molecule has 0 radical (unpaired) electrons. The maximum atomic E-state index is 14.0. The lowest BCUT2D eigenvalue weighted by Gasteiger charge is -2.09. The molecule has 2 unspecified atom stereocenters. The number of methoxy groups -OCH3 is 1. The van der Waals surface area contributed by atoms with Crippen LogP contribution < -0.4 is 10.1 Å². The second kappa shape index (κ2) is 7.97. The van der Waals surface area contributed by atoms with Gasteiger partial charge in [0.2, 0.25) is 5.91 Å². The molecule has 0 heterocycles. The van der Waals surface area contributed by atoms with Crippen LogP contribution in [0, 0.1) is 11.7 Å². The van der Waals surface area contributed by atoms with Crippen molar-refractivity contribution < 1.29 is 18.7 Å². The lowest BCUT2D eigenvalue weighted by molar-refractivity contribution is -0.117. The minimum Gasteiger partial charge on any atom is -0.488 e. The zero-order valence-corrected chi connectivity index (χ0v) is 15.4. The summed E-state index contributed by atoms with van der Waals surface area (Å²) in [5.41, 5.74) is 1.57. The highest BCUT2D eigenvalue weighted by molar-refractivity contribution is 9.10. The zero-order chi connectivity index (χ0) is 17.8. The molecule has 1 aliphatic carbocycles. The van der Waals surface area contributed by atoms with Crippen LogP contribution in [0.5, 0.6) is 5.75 Å². The maximum Gasteiger partial charge on any atom is 0.228 e. The van der Waals surface area contributed by atoms with Crippen LogP contribution in [0.1, 0.15) is 17.9 Å². The molecule has 0 aromatic heterocycles. The Labute approximate surface area is 154 Å². The Balaban J connectivity index is 1.58. The average molecular weight is 408 g/mol. The Kier molecular flexibility index (Phi) is 5.71. The standard InChI is InChI=1S/C19H19BrFNO3/c1-24-7-8-25-18-6-5-14(10-17(18)21)22-19(23)16-11-15(16)12-3-2-4-13(20)9-12/h2-6,9-10,15-16H,7-8,11H2,1H3,(H,22,23). The van der Waals surface area contributed by atoms with E-state index in [1.54, 1.807) is 13.2 Å². The molecule has 132 valence electrons. The molecule has 2 aromatic rings. The molecule has 2 atom stereocenters. The van der Waals surface area contributed by atoms with Gasteiger partial charge in [-0.2, -0.15) is 0 Å². The van der Waals surface area contributed by atoms with Gasteiger partial charge in [0.15, 0.2) is 11.6 Å². The largest absolute Gasteiger partial charge is 0.488 e. The summed E-state index contributed by atoms with van der Waals surface area (Å²) in [5.74, 6) is -0.298. The van der Waals surface area contributed by atoms with Crippen molar-refractivity contribution in [2.75, 3.05) is 25.6 Å². The predicted molar refractivity (Wildman–Crippen MR) is 97.4 cm³/mol. The summed E-state index contributed by atoms with van der Waals surface area (Å²) in [6, 6.07) is 12.4. The van der Waals surface area contributed by atoms with Crippen LogP contribution in [-0.4, -0.2) is 26.2 Å². The fourth-order valence-electron chi connectivity index (χ4n) is 2.76. The third-order valence-corrected chi connectivity index (χ3v) is 4.64. The first-order chi connectivity index (χ1) is 12.1. The van der Waals surface area contributed by atoms with E-state index in [0.29, 0.717) is 12.3 Å². The number of ether oxygens (including phenoxy) is 2. The van der Waals surface area contributed by atoms with E-state index in [9.17, 15) is 9.18 Å². The van der Waals surface area contributed by atoms with Gasteiger partial charge in [0.05, 0.1) is 6.61 Å². The molecule has 6 heteroatoms. The molecular weight excluding hydrogens is 389 g/mol. The number of anilines is 1. The number of benzene rings is 2. The third kappa shape index (κ3) is 4.58. The summed E-state index contributed by atoms with van der Waals surface area (Å²) in [5, 5.41) is 2.78. The van der Waals surface area contributed by atoms with Gasteiger partial charge in [-0.05, 0) is 42.2 Å². The third-order valence-electron chi connectivity index (χ3n) is 4.15. The van der Waals surface area contributed by atoms with Crippen LogP contribution in [0.3, 0.4) is 0 Å². The summed E-state index contributed by atoms with van der Waals surface area (Å²) in [7, 11) is 1.55. The van der Waals surface area contributed by atoms with Gasteiger partial charge in [-0.1, -0.05) is 28.1 Å². The van der Waals surface area contributed by atoms with E-state index in [1.165, 1.54) is 12.1 Å². The lowest BCUT2D eigenvalue weighted by Crippen LogP contribution is -2.15. The van der Waals surface area contributed by atoms with E-state index in [4.69, 9.17) is 9.47 Å². The molecule has 3 rings (SSSR count). The van der Waals surface area contributed by atoms with E-state index >= 15 is 0 Å². The summed E-state index contributed by atoms with van der Waals surface area (Å²) in [4.78, 5) is 12.4. The normalized spacial score (nSPS) is 18.7. The van der Waals surface area contributed by atoms with Crippen molar-refractivity contribution in [3.8, 4) is 5.75 Å². The number of hydrogen-bond donors (Lipinski definition) is 1. The number of rotatable bonds is 7. The van der Waals surface area contributed by atoms with Gasteiger partial charge in [-0.15, -0.1) is 0 Å². The zero-order valence-electron chi connectivity index (χ0n) is 13.8. The quantitative estimate of drug-likeness (QED) is 0.693. The first-order valence-corrected chi connectivity index (χ1v) is 8.85. The Morgan fingerprint density at radius 1 is 1.28 bits per heavy atom. The minimum atomic E-state index is -0.506. The molecule has 4 nitrogen and oxygen atoms in total. The molecule has 1 saturated carbocycles. The molecule has 0 aliphatic heterocycles. The smallest absolute Gasteiger partial charge is 0.228 e.